The van der Waals surface area contributed by atoms with Crippen LogP contribution in [0.3, 0.4) is 0 Å². The van der Waals surface area contributed by atoms with Gasteiger partial charge < -0.3 is 10.8 Å². The van der Waals surface area contributed by atoms with Gasteiger partial charge in [-0.05, 0) is 55.6 Å². The monoisotopic (exact) mass is 282 g/mol. The zero-order valence-electron chi connectivity index (χ0n) is 14.1. The van der Waals surface area contributed by atoms with E-state index < -0.39 is 0 Å². The lowest BCUT2D eigenvalue weighted by Crippen LogP contribution is -2.65. The summed E-state index contributed by atoms with van der Waals surface area (Å²) in [5.74, 6) is 0.964. The van der Waals surface area contributed by atoms with E-state index in [0.717, 1.165) is 19.0 Å². The van der Waals surface area contributed by atoms with Crippen LogP contribution in [0.5, 0.6) is 0 Å². The number of aliphatic hydroxyl groups is 1. The van der Waals surface area contributed by atoms with Crippen molar-refractivity contribution in [2.75, 3.05) is 26.2 Å². The molecule has 3 heteroatoms. The third-order valence-electron chi connectivity index (χ3n) is 7.46. The van der Waals surface area contributed by atoms with Gasteiger partial charge in [0.1, 0.15) is 0 Å². The van der Waals surface area contributed by atoms with Gasteiger partial charge in [0.2, 0.25) is 0 Å². The minimum Gasteiger partial charge on any atom is -0.396 e. The van der Waals surface area contributed by atoms with Gasteiger partial charge in [-0.2, -0.15) is 0 Å². The standard InChI is InChI=1S/C17H34N2O/c1-6-19(7-2)17(14(11-18)12-20)10-13-8-9-16(17,5)15(13,3)4/h13-14,20H,6-12,18H2,1-5H3/t13-,14-,16+,17+/m1/s1. The van der Waals surface area contributed by atoms with Gasteiger partial charge in [0.25, 0.3) is 0 Å². The van der Waals surface area contributed by atoms with Gasteiger partial charge in [0.05, 0.1) is 0 Å². The molecule has 0 aromatic heterocycles. The average molecular weight is 282 g/mol. The molecule has 2 bridgehead atoms. The second kappa shape index (κ2) is 5.26. The Hall–Kier alpha value is -0.120. The van der Waals surface area contributed by atoms with Crippen molar-refractivity contribution < 1.29 is 5.11 Å². The van der Waals surface area contributed by atoms with Crippen molar-refractivity contribution >= 4 is 0 Å². The Labute approximate surface area is 124 Å². The summed E-state index contributed by atoms with van der Waals surface area (Å²) in [7, 11) is 0. The summed E-state index contributed by atoms with van der Waals surface area (Å²) in [6.45, 7) is 14.8. The molecule has 2 aliphatic carbocycles. The molecule has 3 nitrogen and oxygen atoms in total. The molecule has 0 spiro atoms. The van der Waals surface area contributed by atoms with E-state index in [0.29, 0.717) is 12.0 Å². The largest absolute Gasteiger partial charge is 0.396 e. The van der Waals surface area contributed by atoms with Gasteiger partial charge in [-0.3, -0.25) is 4.90 Å². The predicted octanol–water partition coefficient (Wildman–Crippen LogP) is 2.48. The van der Waals surface area contributed by atoms with Crippen LogP contribution < -0.4 is 5.73 Å². The molecule has 118 valence electrons. The number of fused-ring (bicyclic) bond motifs is 2. The number of hydrogen-bond donors (Lipinski definition) is 2. The molecule has 0 saturated heterocycles. The summed E-state index contributed by atoms with van der Waals surface area (Å²) in [6, 6.07) is 0. The van der Waals surface area contributed by atoms with Crippen molar-refractivity contribution in [3.05, 3.63) is 0 Å². The van der Waals surface area contributed by atoms with Crippen LogP contribution >= 0.6 is 0 Å². The van der Waals surface area contributed by atoms with E-state index in [1.165, 1.54) is 19.3 Å². The van der Waals surface area contributed by atoms with Gasteiger partial charge >= 0.3 is 0 Å². The highest BCUT2D eigenvalue weighted by Crippen LogP contribution is 2.72. The molecular formula is C17H34N2O. The molecule has 0 unspecified atom stereocenters. The van der Waals surface area contributed by atoms with Crippen LogP contribution in [0.4, 0.5) is 0 Å². The Kier molecular flexibility index (Phi) is 4.27. The number of aliphatic hydroxyl groups excluding tert-OH is 1. The van der Waals surface area contributed by atoms with Crippen LogP contribution in [0.1, 0.15) is 53.9 Å². The van der Waals surface area contributed by atoms with Crippen molar-refractivity contribution in [2.45, 2.75) is 59.4 Å². The van der Waals surface area contributed by atoms with Crippen LogP contribution in [0.25, 0.3) is 0 Å². The summed E-state index contributed by atoms with van der Waals surface area (Å²) < 4.78 is 0. The molecule has 0 aromatic rings. The van der Waals surface area contributed by atoms with Crippen LogP contribution in [-0.4, -0.2) is 41.8 Å². The molecule has 4 atom stereocenters. The first-order chi connectivity index (χ1) is 9.35. The minimum atomic E-state index is 0.0758. The van der Waals surface area contributed by atoms with Crippen LogP contribution in [0.15, 0.2) is 0 Å². The van der Waals surface area contributed by atoms with Gasteiger partial charge in [-0.25, -0.2) is 0 Å². The van der Waals surface area contributed by atoms with Crippen LogP contribution in [0.2, 0.25) is 0 Å². The molecule has 20 heavy (non-hydrogen) atoms. The number of rotatable bonds is 6. The van der Waals surface area contributed by atoms with E-state index in [-0.39, 0.29) is 23.5 Å². The fourth-order valence-corrected chi connectivity index (χ4v) is 5.89. The molecule has 2 fully saturated rings. The Balaban J connectivity index is 2.55. The molecule has 2 rings (SSSR count). The summed E-state index contributed by atoms with van der Waals surface area (Å²) in [5, 5.41) is 10.00. The Morgan fingerprint density at radius 3 is 2.15 bits per heavy atom. The SMILES string of the molecule is CCN(CC)[C@]1([C@H](CN)CO)C[C@H]2CC[C@@]1(C)C2(C)C. The second-order valence-electron chi connectivity index (χ2n) is 7.71. The first kappa shape index (κ1) is 16.3. The van der Waals surface area contributed by atoms with Crippen molar-refractivity contribution in [3.8, 4) is 0 Å². The molecule has 0 radical (unpaired) electrons. The summed E-state index contributed by atoms with van der Waals surface area (Å²) >= 11 is 0. The molecule has 0 aliphatic heterocycles. The molecule has 2 saturated carbocycles. The van der Waals surface area contributed by atoms with Crippen molar-refractivity contribution in [2.24, 2.45) is 28.4 Å². The Morgan fingerprint density at radius 2 is 1.85 bits per heavy atom. The third kappa shape index (κ3) is 1.69. The van der Waals surface area contributed by atoms with E-state index in [1.54, 1.807) is 0 Å². The zero-order valence-corrected chi connectivity index (χ0v) is 14.1. The maximum Gasteiger partial charge on any atom is 0.0489 e. The minimum absolute atomic E-state index is 0.0758. The van der Waals surface area contributed by atoms with Gasteiger partial charge in [0, 0.05) is 18.1 Å². The van der Waals surface area contributed by atoms with Crippen molar-refractivity contribution in [1.29, 1.82) is 0 Å². The van der Waals surface area contributed by atoms with Crippen LogP contribution in [0, 0.1) is 22.7 Å². The first-order valence-electron chi connectivity index (χ1n) is 8.41. The highest BCUT2D eigenvalue weighted by molar-refractivity contribution is 5.23. The normalized spacial score (nSPS) is 40.5. The number of hydrogen-bond acceptors (Lipinski definition) is 3. The molecule has 0 heterocycles. The Morgan fingerprint density at radius 1 is 1.25 bits per heavy atom. The molecule has 2 aliphatic rings. The number of nitrogens with two attached hydrogens (primary N) is 1. The molecule has 3 N–H and O–H groups in total. The smallest absolute Gasteiger partial charge is 0.0489 e. The van der Waals surface area contributed by atoms with Gasteiger partial charge in [-0.15, -0.1) is 0 Å². The number of nitrogens with zero attached hydrogens (tertiary/aromatic N) is 1. The first-order valence-corrected chi connectivity index (χ1v) is 8.41. The van der Waals surface area contributed by atoms with E-state index in [2.05, 4.69) is 39.5 Å². The zero-order chi connectivity index (χ0) is 15.2. The maximum atomic E-state index is 10.00. The maximum absolute atomic E-state index is 10.00. The third-order valence-corrected chi connectivity index (χ3v) is 7.46. The van der Waals surface area contributed by atoms with Gasteiger partial charge in [-0.1, -0.05) is 34.6 Å². The molecule has 0 amide bonds. The van der Waals surface area contributed by atoms with E-state index in [9.17, 15) is 5.11 Å². The quantitative estimate of drug-likeness (QED) is 0.787. The van der Waals surface area contributed by atoms with Crippen LogP contribution in [-0.2, 0) is 0 Å². The molecular weight excluding hydrogens is 248 g/mol. The summed E-state index contributed by atoms with van der Waals surface area (Å²) in [5.41, 5.74) is 6.76. The van der Waals surface area contributed by atoms with Crippen molar-refractivity contribution in [1.82, 2.24) is 4.90 Å². The molecule has 0 aromatic carbocycles. The lowest BCUT2D eigenvalue weighted by atomic mass is 9.57. The summed E-state index contributed by atoms with van der Waals surface area (Å²) in [6.07, 6.45) is 3.83. The average Bonchev–Trinajstić information content (AvgIpc) is 2.74. The highest BCUT2D eigenvalue weighted by Gasteiger charge is 2.71. The fourth-order valence-electron chi connectivity index (χ4n) is 5.89. The highest BCUT2D eigenvalue weighted by atomic mass is 16.3. The van der Waals surface area contributed by atoms with E-state index >= 15 is 0 Å². The fraction of sp³-hybridized carbons (Fsp3) is 1.00. The summed E-state index contributed by atoms with van der Waals surface area (Å²) in [4.78, 5) is 2.61. The van der Waals surface area contributed by atoms with E-state index in [4.69, 9.17) is 5.73 Å². The van der Waals surface area contributed by atoms with Gasteiger partial charge in [0.15, 0.2) is 0 Å². The lowest BCUT2D eigenvalue weighted by molar-refractivity contribution is -0.0909. The second-order valence-corrected chi connectivity index (χ2v) is 7.71. The van der Waals surface area contributed by atoms with Crippen molar-refractivity contribution in [3.63, 3.8) is 0 Å². The Bertz CT molecular complexity index is 335. The van der Waals surface area contributed by atoms with E-state index in [1.807, 2.05) is 0 Å². The predicted molar refractivity (Wildman–Crippen MR) is 84.5 cm³/mol. The lowest BCUT2D eigenvalue weighted by Gasteiger charge is -2.58. The topological polar surface area (TPSA) is 49.5 Å².